The number of benzene rings is 1. The number of nitrogens with zero attached hydrogens (tertiary/aromatic N) is 3. The molecule has 0 atom stereocenters. The van der Waals surface area contributed by atoms with Crippen molar-refractivity contribution in [2.75, 3.05) is 6.54 Å². The molecule has 2 heterocycles. The highest BCUT2D eigenvalue weighted by Crippen LogP contribution is 2.25. The van der Waals surface area contributed by atoms with Crippen LogP contribution in [0.5, 0.6) is 0 Å². The van der Waals surface area contributed by atoms with Crippen molar-refractivity contribution in [3.05, 3.63) is 82.0 Å². The first-order chi connectivity index (χ1) is 14.3. The van der Waals surface area contributed by atoms with Gasteiger partial charge in [-0.2, -0.15) is 18.3 Å². The fraction of sp³-hybridized carbons (Fsp3) is 0.286. The highest BCUT2D eigenvalue weighted by Gasteiger charge is 2.34. The zero-order valence-corrected chi connectivity index (χ0v) is 16.3. The van der Waals surface area contributed by atoms with E-state index in [9.17, 15) is 22.8 Å². The molecular weight excluding hydrogens is 397 g/mol. The lowest BCUT2D eigenvalue weighted by atomic mass is 10.1. The van der Waals surface area contributed by atoms with E-state index in [1.807, 2.05) is 43.5 Å². The highest BCUT2D eigenvalue weighted by atomic mass is 19.4. The van der Waals surface area contributed by atoms with E-state index in [-0.39, 0.29) is 0 Å². The fourth-order valence-corrected chi connectivity index (χ4v) is 3.05. The Labute approximate surface area is 171 Å². The van der Waals surface area contributed by atoms with Crippen LogP contribution in [-0.2, 0) is 23.9 Å². The van der Waals surface area contributed by atoms with Gasteiger partial charge in [-0.05, 0) is 49.6 Å². The van der Waals surface area contributed by atoms with Crippen molar-refractivity contribution in [2.45, 2.75) is 32.5 Å². The van der Waals surface area contributed by atoms with E-state index < -0.39 is 29.8 Å². The van der Waals surface area contributed by atoms with E-state index in [0.29, 0.717) is 25.5 Å². The van der Waals surface area contributed by atoms with Crippen molar-refractivity contribution in [3.63, 3.8) is 0 Å². The number of alkyl halides is 3. The Morgan fingerprint density at radius 2 is 1.87 bits per heavy atom. The van der Waals surface area contributed by atoms with Gasteiger partial charge in [-0.1, -0.05) is 18.2 Å². The molecule has 9 heteroatoms. The van der Waals surface area contributed by atoms with Gasteiger partial charge in [-0.25, -0.2) is 4.68 Å². The predicted molar refractivity (Wildman–Crippen MR) is 105 cm³/mol. The molecule has 6 nitrogen and oxygen atoms in total. The van der Waals surface area contributed by atoms with Crippen LogP contribution in [0.1, 0.15) is 23.2 Å². The molecule has 0 unspecified atom stereocenters. The molecule has 3 aromatic rings. The van der Waals surface area contributed by atoms with Crippen molar-refractivity contribution in [1.29, 1.82) is 0 Å². The van der Waals surface area contributed by atoms with Crippen LogP contribution in [0.15, 0.2) is 59.7 Å². The van der Waals surface area contributed by atoms with Crippen LogP contribution in [0.4, 0.5) is 13.2 Å². The van der Waals surface area contributed by atoms with Crippen LogP contribution in [0, 0.1) is 6.92 Å². The van der Waals surface area contributed by atoms with Gasteiger partial charge in [0, 0.05) is 18.9 Å². The van der Waals surface area contributed by atoms with E-state index in [0.717, 1.165) is 27.6 Å². The van der Waals surface area contributed by atoms with Crippen LogP contribution in [-0.4, -0.2) is 26.8 Å². The lowest BCUT2D eigenvalue weighted by Crippen LogP contribution is -2.35. The third-order valence-electron chi connectivity index (χ3n) is 4.61. The molecule has 0 saturated heterocycles. The Balaban J connectivity index is 1.52. The van der Waals surface area contributed by atoms with Crippen LogP contribution < -0.4 is 10.9 Å². The summed E-state index contributed by atoms with van der Waals surface area (Å²) in [4.78, 5) is 23.9. The van der Waals surface area contributed by atoms with Gasteiger partial charge in [0.2, 0.25) is 5.91 Å². The number of rotatable bonds is 7. The molecule has 0 bridgehead atoms. The van der Waals surface area contributed by atoms with Crippen LogP contribution in [0.25, 0.3) is 5.69 Å². The van der Waals surface area contributed by atoms with Gasteiger partial charge < -0.3 is 9.88 Å². The summed E-state index contributed by atoms with van der Waals surface area (Å²) >= 11 is 0. The first kappa shape index (κ1) is 21.4. The third kappa shape index (κ3) is 5.16. The summed E-state index contributed by atoms with van der Waals surface area (Å²) < 4.78 is 40.9. The zero-order chi connectivity index (χ0) is 21.7. The molecular formula is C21H21F3N4O2. The summed E-state index contributed by atoms with van der Waals surface area (Å²) in [6, 6.07) is 11.5. The minimum absolute atomic E-state index is 0.336. The van der Waals surface area contributed by atoms with Gasteiger partial charge >= 0.3 is 6.18 Å². The summed E-state index contributed by atoms with van der Waals surface area (Å²) in [7, 11) is 0. The average Bonchev–Trinajstić information content (AvgIpc) is 3.07. The monoisotopic (exact) mass is 418 g/mol. The summed E-state index contributed by atoms with van der Waals surface area (Å²) in [5, 5.41) is 7.13. The Morgan fingerprint density at radius 3 is 2.57 bits per heavy atom. The van der Waals surface area contributed by atoms with Crippen molar-refractivity contribution >= 4 is 5.91 Å². The smallest absolute Gasteiger partial charge is 0.355 e. The minimum Gasteiger partial charge on any atom is -0.355 e. The van der Waals surface area contributed by atoms with Gasteiger partial charge in [-0.3, -0.25) is 9.59 Å². The number of amides is 1. The lowest BCUT2D eigenvalue weighted by molar-refractivity contribution is -0.139. The predicted octanol–water partition coefficient (Wildman–Crippen LogP) is 3.11. The van der Waals surface area contributed by atoms with Gasteiger partial charge in [0.25, 0.3) is 5.56 Å². The van der Waals surface area contributed by atoms with Crippen LogP contribution in [0.2, 0.25) is 0 Å². The summed E-state index contributed by atoms with van der Waals surface area (Å²) in [6.07, 6.45) is -0.335. The fourth-order valence-electron chi connectivity index (χ4n) is 3.05. The highest BCUT2D eigenvalue weighted by molar-refractivity contribution is 5.75. The van der Waals surface area contributed by atoms with Gasteiger partial charge in [-0.15, -0.1) is 0 Å². The molecule has 158 valence electrons. The van der Waals surface area contributed by atoms with E-state index in [2.05, 4.69) is 10.4 Å². The molecule has 1 N–H and O–H groups in total. The second-order valence-corrected chi connectivity index (χ2v) is 6.83. The Bertz CT molecular complexity index is 1070. The molecule has 2 aromatic heterocycles. The topological polar surface area (TPSA) is 68.9 Å². The molecule has 1 amide bonds. The number of hydrogen-bond donors (Lipinski definition) is 1. The number of aromatic nitrogens is 3. The number of pyridine rings is 1. The summed E-state index contributed by atoms with van der Waals surface area (Å²) in [6.45, 7) is 1.78. The number of aryl methyl sites for hydroxylation is 2. The second kappa shape index (κ2) is 8.98. The normalized spacial score (nSPS) is 11.5. The van der Waals surface area contributed by atoms with E-state index in [1.165, 1.54) is 6.20 Å². The van der Waals surface area contributed by atoms with Crippen molar-refractivity contribution in [3.8, 4) is 5.69 Å². The molecule has 1 aromatic carbocycles. The van der Waals surface area contributed by atoms with Crippen LogP contribution in [0.3, 0.4) is 0 Å². The largest absolute Gasteiger partial charge is 0.421 e. The van der Waals surface area contributed by atoms with Gasteiger partial charge in [0.15, 0.2) is 0 Å². The molecule has 0 aliphatic carbocycles. The maximum absolute atomic E-state index is 12.8. The van der Waals surface area contributed by atoms with Crippen molar-refractivity contribution < 1.29 is 18.0 Å². The van der Waals surface area contributed by atoms with E-state index in [1.54, 1.807) is 4.68 Å². The number of hydrogen-bond acceptors (Lipinski definition) is 3. The standard InChI is InChI=1S/C21H21F3N4O2/c1-15-16(13-28(26-15)17-8-3-2-4-9-17)7-5-11-25-19(29)14-27-12-6-10-18(20(27)30)21(22,23)24/h2-4,6,8-10,12-13H,5,7,11,14H2,1H3,(H,25,29). The Kier molecular flexibility index (Phi) is 6.39. The van der Waals surface area contributed by atoms with Gasteiger partial charge in [0.1, 0.15) is 12.1 Å². The van der Waals surface area contributed by atoms with Gasteiger partial charge in [0.05, 0.1) is 11.4 Å². The van der Waals surface area contributed by atoms with Crippen molar-refractivity contribution in [1.82, 2.24) is 19.7 Å². The number of halogens is 3. The Hall–Kier alpha value is -3.36. The maximum atomic E-state index is 12.8. The molecule has 0 aliphatic rings. The summed E-state index contributed by atoms with van der Waals surface area (Å²) in [5.41, 5.74) is 0.363. The minimum atomic E-state index is -4.75. The Morgan fingerprint density at radius 1 is 1.13 bits per heavy atom. The number of para-hydroxylation sites is 1. The molecule has 0 saturated carbocycles. The molecule has 30 heavy (non-hydrogen) atoms. The third-order valence-corrected chi connectivity index (χ3v) is 4.61. The van der Waals surface area contributed by atoms with E-state index >= 15 is 0 Å². The molecule has 0 fully saturated rings. The second-order valence-electron chi connectivity index (χ2n) is 6.83. The number of nitrogens with one attached hydrogen (secondary N) is 1. The number of carbonyl (C=O) groups is 1. The van der Waals surface area contributed by atoms with Crippen molar-refractivity contribution in [2.24, 2.45) is 0 Å². The lowest BCUT2D eigenvalue weighted by Gasteiger charge is -2.10. The first-order valence-corrected chi connectivity index (χ1v) is 9.39. The zero-order valence-electron chi connectivity index (χ0n) is 16.3. The molecule has 0 radical (unpaired) electrons. The number of carbonyl (C=O) groups excluding carboxylic acids is 1. The summed E-state index contributed by atoms with van der Waals surface area (Å²) in [5.74, 6) is -0.520. The van der Waals surface area contributed by atoms with Crippen LogP contribution >= 0.6 is 0 Å². The maximum Gasteiger partial charge on any atom is 0.421 e. The molecule has 0 aliphatic heterocycles. The first-order valence-electron chi connectivity index (χ1n) is 9.39. The SMILES string of the molecule is Cc1nn(-c2ccccc2)cc1CCCNC(=O)Cn1cccc(C(F)(F)F)c1=O. The quantitative estimate of drug-likeness (QED) is 0.600. The van der Waals surface area contributed by atoms with E-state index in [4.69, 9.17) is 0 Å². The molecule has 3 rings (SSSR count). The molecule has 0 spiro atoms. The average molecular weight is 418 g/mol.